The van der Waals surface area contributed by atoms with Crippen molar-refractivity contribution in [2.45, 2.75) is 6.42 Å². The Kier molecular flexibility index (Phi) is 3.38. The van der Waals surface area contributed by atoms with Crippen LogP contribution in [0, 0.1) is 0 Å². The van der Waals surface area contributed by atoms with Crippen LogP contribution in [-0.2, 0) is 6.42 Å². The summed E-state index contributed by atoms with van der Waals surface area (Å²) in [5.74, 6) is 1.09. The fourth-order valence-corrected chi connectivity index (χ4v) is 2.93. The summed E-state index contributed by atoms with van der Waals surface area (Å²) in [5.41, 5.74) is 1.32. The molecule has 1 aromatic rings. The van der Waals surface area contributed by atoms with E-state index < -0.39 is 0 Å². The topological polar surface area (TPSA) is 38.0 Å². The molecule has 0 amide bonds. The molecule has 0 fully saturated rings. The Morgan fingerprint density at radius 2 is 2.07 bits per heavy atom. The van der Waals surface area contributed by atoms with Crippen LogP contribution in [0.25, 0.3) is 0 Å². The molecule has 0 bridgehead atoms. The summed E-state index contributed by atoms with van der Waals surface area (Å²) in [6.07, 6.45) is 0.965. The third kappa shape index (κ3) is 2.45. The predicted molar refractivity (Wildman–Crippen MR) is 67.5 cm³/mol. The van der Waals surface area contributed by atoms with Gasteiger partial charge in [-0.25, -0.2) is 0 Å². The molecule has 3 N–H and O–H groups in total. The van der Waals surface area contributed by atoms with Crippen molar-refractivity contribution in [3.05, 3.63) is 34.3 Å². The smallest absolute Gasteiger partial charge is 0.0335 e. The van der Waals surface area contributed by atoms with Crippen LogP contribution in [-0.4, -0.2) is 17.3 Å². The summed E-state index contributed by atoms with van der Waals surface area (Å²) in [7, 11) is -0.0226. The highest BCUT2D eigenvalue weighted by atomic mass is 79.9. The molecule has 0 aromatic heterocycles. The molecule has 1 heterocycles. The normalized spacial score (nSPS) is 21.6. The lowest BCUT2D eigenvalue weighted by atomic mass is 10.1. The maximum atomic E-state index is 5.98. The molecule has 14 heavy (non-hydrogen) atoms. The number of rotatable bonds is 2. The molecule has 4 heteroatoms. The van der Waals surface area contributed by atoms with Gasteiger partial charge in [0.15, 0.2) is 0 Å². The SMILES string of the molecule is NS1=C(Cc2ccc(Br)cc2)NCC1. The molecule has 0 saturated carbocycles. The summed E-state index contributed by atoms with van der Waals surface area (Å²) < 4.78 is 1.12. The Hall–Kier alpha value is -0.160. The molecule has 0 radical (unpaired) electrons. The van der Waals surface area contributed by atoms with Gasteiger partial charge >= 0.3 is 0 Å². The molecule has 1 unspecified atom stereocenters. The number of nitrogens with one attached hydrogen (secondary N) is 1. The molecule has 2 nitrogen and oxygen atoms in total. The molecule has 76 valence electrons. The third-order valence-corrected chi connectivity index (χ3v) is 4.33. The maximum Gasteiger partial charge on any atom is 0.0335 e. The highest BCUT2D eigenvalue weighted by Crippen LogP contribution is 2.15. The van der Waals surface area contributed by atoms with E-state index in [4.69, 9.17) is 5.14 Å². The van der Waals surface area contributed by atoms with Crippen molar-refractivity contribution in [2.75, 3.05) is 12.3 Å². The predicted octanol–water partition coefficient (Wildman–Crippen LogP) is 1.87. The Balaban J connectivity index is 2.11. The van der Waals surface area contributed by atoms with E-state index in [1.807, 2.05) is 0 Å². The van der Waals surface area contributed by atoms with Crippen molar-refractivity contribution in [3.63, 3.8) is 0 Å². The van der Waals surface area contributed by atoms with E-state index in [1.165, 1.54) is 10.6 Å². The van der Waals surface area contributed by atoms with Crippen molar-refractivity contribution in [1.29, 1.82) is 0 Å². The maximum absolute atomic E-state index is 5.98. The summed E-state index contributed by atoms with van der Waals surface area (Å²) in [6, 6.07) is 8.40. The zero-order chi connectivity index (χ0) is 9.97. The van der Waals surface area contributed by atoms with Gasteiger partial charge in [0, 0.05) is 28.2 Å². The monoisotopic (exact) mass is 272 g/mol. The van der Waals surface area contributed by atoms with E-state index in [0.717, 1.165) is 23.2 Å². The molecule has 1 atom stereocenters. The second-order valence-electron chi connectivity index (χ2n) is 3.29. The fourth-order valence-electron chi connectivity index (χ4n) is 1.46. The van der Waals surface area contributed by atoms with Crippen LogP contribution in [0.15, 0.2) is 28.7 Å². The van der Waals surface area contributed by atoms with E-state index in [2.05, 4.69) is 45.5 Å². The van der Waals surface area contributed by atoms with Crippen LogP contribution in [0.5, 0.6) is 0 Å². The summed E-state index contributed by atoms with van der Waals surface area (Å²) in [5, 5.41) is 9.34. The number of benzene rings is 1. The molecule has 0 saturated heterocycles. The van der Waals surface area contributed by atoms with Crippen molar-refractivity contribution in [2.24, 2.45) is 5.14 Å². The van der Waals surface area contributed by atoms with Crippen LogP contribution in [0.2, 0.25) is 0 Å². The zero-order valence-corrected chi connectivity index (χ0v) is 10.2. The molecular weight excluding hydrogens is 260 g/mol. The summed E-state index contributed by atoms with van der Waals surface area (Å²) >= 11 is 3.42. The van der Waals surface area contributed by atoms with Gasteiger partial charge < -0.3 is 0 Å². The van der Waals surface area contributed by atoms with Gasteiger partial charge in [-0.15, -0.1) is 10.7 Å². The number of hydrogen-bond donors (Lipinski definition) is 2. The second-order valence-corrected chi connectivity index (χ2v) is 5.96. The number of hydrogen-bond acceptors (Lipinski definition) is 2. The van der Waals surface area contributed by atoms with Crippen molar-refractivity contribution < 1.29 is 0 Å². The van der Waals surface area contributed by atoms with Crippen LogP contribution in [0.3, 0.4) is 0 Å². The van der Waals surface area contributed by atoms with Crippen molar-refractivity contribution in [1.82, 2.24) is 5.32 Å². The minimum Gasteiger partial charge on any atom is -0.285 e. The fraction of sp³-hybridized carbons (Fsp3) is 0.300. The lowest BCUT2D eigenvalue weighted by Crippen LogP contribution is -2.20. The second kappa shape index (κ2) is 4.57. The van der Waals surface area contributed by atoms with Crippen LogP contribution in [0.4, 0.5) is 0 Å². The van der Waals surface area contributed by atoms with E-state index >= 15 is 0 Å². The van der Waals surface area contributed by atoms with Gasteiger partial charge in [0.05, 0.1) is 0 Å². The highest BCUT2D eigenvalue weighted by molar-refractivity contribution is 9.10. The minimum absolute atomic E-state index is 0.0226. The Bertz CT molecular complexity index is 359. The van der Waals surface area contributed by atoms with Gasteiger partial charge in [-0.05, 0) is 17.7 Å². The average Bonchev–Trinajstić information content (AvgIpc) is 2.56. The van der Waals surface area contributed by atoms with E-state index in [1.54, 1.807) is 0 Å². The first kappa shape index (κ1) is 10.4. The van der Waals surface area contributed by atoms with E-state index in [0.29, 0.717) is 0 Å². The van der Waals surface area contributed by atoms with Crippen LogP contribution < -0.4 is 10.5 Å². The molecule has 1 aliphatic rings. The Labute approximate surface area is 95.1 Å². The first-order valence-electron chi connectivity index (χ1n) is 4.55. The summed E-state index contributed by atoms with van der Waals surface area (Å²) in [6.45, 7) is 1.03. The highest BCUT2D eigenvalue weighted by Gasteiger charge is 2.09. The van der Waals surface area contributed by atoms with Gasteiger partial charge in [-0.2, -0.15) is 0 Å². The number of halogens is 1. The van der Waals surface area contributed by atoms with E-state index in [9.17, 15) is 0 Å². The first-order valence-corrected chi connectivity index (χ1v) is 6.80. The largest absolute Gasteiger partial charge is 0.285 e. The molecule has 1 aliphatic heterocycles. The van der Waals surface area contributed by atoms with Crippen molar-refractivity contribution in [3.8, 4) is 0 Å². The third-order valence-electron chi connectivity index (χ3n) is 2.24. The number of nitrogens with two attached hydrogens (primary N) is 1. The standard InChI is InChI=1S/C10H13BrN2S/c11-9-3-1-8(2-4-9)7-10-13-5-6-14(10)12/h1-4,13H,5-7,12H2. The Morgan fingerprint density at radius 3 is 2.64 bits per heavy atom. The molecule has 2 rings (SSSR count). The van der Waals surface area contributed by atoms with Crippen LogP contribution in [0.1, 0.15) is 5.56 Å². The zero-order valence-electron chi connectivity index (χ0n) is 7.79. The lowest BCUT2D eigenvalue weighted by Gasteiger charge is -2.04. The average molecular weight is 273 g/mol. The van der Waals surface area contributed by atoms with Crippen molar-refractivity contribution >= 4 is 31.6 Å². The Morgan fingerprint density at radius 1 is 1.36 bits per heavy atom. The van der Waals surface area contributed by atoms with Gasteiger partial charge in [-0.3, -0.25) is 10.5 Å². The lowest BCUT2D eigenvalue weighted by molar-refractivity contribution is 0.990. The minimum atomic E-state index is -0.0226. The molecule has 1 aromatic carbocycles. The van der Waals surface area contributed by atoms with E-state index in [-0.39, 0.29) is 10.7 Å². The first-order chi connectivity index (χ1) is 6.75. The van der Waals surface area contributed by atoms with Gasteiger partial charge in [0.1, 0.15) is 0 Å². The van der Waals surface area contributed by atoms with Crippen LogP contribution >= 0.6 is 26.6 Å². The molecule has 0 spiro atoms. The van der Waals surface area contributed by atoms with Gasteiger partial charge in [-0.1, -0.05) is 28.1 Å². The van der Waals surface area contributed by atoms with Gasteiger partial charge in [0.2, 0.25) is 0 Å². The molecule has 0 aliphatic carbocycles. The quantitative estimate of drug-likeness (QED) is 0.807. The molecular formula is C10H13BrN2S. The summed E-state index contributed by atoms with van der Waals surface area (Å²) in [4.78, 5) is 1.30. The van der Waals surface area contributed by atoms with Gasteiger partial charge in [0.25, 0.3) is 0 Å².